The van der Waals surface area contributed by atoms with Crippen LogP contribution in [-0.4, -0.2) is 55.2 Å². The molecule has 1 aromatic rings. The number of amides is 1. The minimum Gasteiger partial charge on any atom is -0.383 e. The van der Waals surface area contributed by atoms with Gasteiger partial charge in [0.15, 0.2) is 0 Å². The molecular formula is C13H20N2O2S2. The molecule has 1 fully saturated rings. The first-order valence-corrected chi connectivity index (χ1v) is 8.46. The van der Waals surface area contributed by atoms with E-state index in [4.69, 9.17) is 4.74 Å². The van der Waals surface area contributed by atoms with Crippen molar-refractivity contribution in [1.82, 2.24) is 10.2 Å². The van der Waals surface area contributed by atoms with Crippen molar-refractivity contribution < 1.29 is 9.53 Å². The number of thioether (sulfide) groups is 1. The lowest BCUT2D eigenvalue weighted by atomic mass is 10.2. The van der Waals surface area contributed by atoms with Crippen LogP contribution in [0.25, 0.3) is 0 Å². The summed E-state index contributed by atoms with van der Waals surface area (Å²) in [5.41, 5.74) is 0. The SMILES string of the molecule is COCCN(Cc1cccs1)C(=O)C1CSCCN1. The summed E-state index contributed by atoms with van der Waals surface area (Å²) in [6.07, 6.45) is 0. The Hall–Kier alpha value is -0.560. The van der Waals surface area contributed by atoms with Crippen molar-refractivity contribution in [3.05, 3.63) is 22.4 Å². The number of hydrogen-bond donors (Lipinski definition) is 1. The highest BCUT2D eigenvalue weighted by atomic mass is 32.2. The lowest BCUT2D eigenvalue weighted by Gasteiger charge is -2.29. The van der Waals surface area contributed by atoms with Gasteiger partial charge in [0.05, 0.1) is 19.2 Å². The van der Waals surface area contributed by atoms with Gasteiger partial charge in [-0.05, 0) is 11.4 Å². The maximum Gasteiger partial charge on any atom is 0.240 e. The molecule has 19 heavy (non-hydrogen) atoms. The van der Waals surface area contributed by atoms with Crippen LogP contribution in [0.1, 0.15) is 4.88 Å². The third kappa shape index (κ3) is 4.49. The first-order valence-electron chi connectivity index (χ1n) is 6.42. The lowest BCUT2D eigenvalue weighted by Crippen LogP contribution is -2.50. The number of nitrogens with zero attached hydrogens (tertiary/aromatic N) is 1. The van der Waals surface area contributed by atoms with Crippen molar-refractivity contribution in [2.75, 3.05) is 38.3 Å². The van der Waals surface area contributed by atoms with E-state index in [1.807, 2.05) is 28.1 Å². The normalized spacial score (nSPS) is 19.3. The van der Waals surface area contributed by atoms with Crippen LogP contribution in [0.3, 0.4) is 0 Å². The number of rotatable bonds is 6. The second-order valence-corrected chi connectivity index (χ2v) is 6.60. The Morgan fingerprint density at radius 1 is 1.63 bits per heavy atom. The molecule has 2 heterocycles. The zero-order valence-electron chi connectivity index (χ0n) is 11.1. The van der Waals surface area contributed by atoms with Gasteiger partial charge in [0.25, 0.3) is 0 Å². The van der Waals surface area contributed by atoms with Crippen LogP contribution in [0.2, 0.25) is 0 Å². The third-order valence-corrected chi connectivity index (χ3v) is 4.95. The van der Waals surface area contributed by atoms with Crippen molar-refractivity contribution in [3.8, 4) is 0 Å². The number of carbonyl (C=O) groups excluding carboxylic acids is 1. The minimum atomic E-state index is -0.0458. The molecule has 106 valence electrons. The van der Waals surface area contributed by atoms with Gasteiger partial charge in [-0.3, -0.25) is 4.79 Å². The summed E-state index contributed by atoms with van der Waals surface area (Å²) in [7, 11) is 1.67. The van der Waals surface area contributed by atoms with Gasteiger partial charge in [-0.2, -0.15) is 11.8 Å². The van der Waals surface area contributed by atoms with E-state index in [9.17, 15) is 4.79 Å². The second-order valence-electron chi connectivity index (χ2n) is 4.41. The van der Waals surface area contributed by atoms with Gasteiger partial charge in [0.1, 0.15) is 0 Å². The summed E-state index contributed by atoms with van der Waals surface area (Å²) >= 11 is 3.53. The zero-order chi connectivity index (χ0) is 13.5. The fraction of sp³-hybridized carbons (Fsp3) is 0.615. The molecule has 0 saturated carbocycles. The average Bonchev–Trinajstić information content (AvgIpc) is 2.96. The Morgan fingerprint density at radius 2 is 2.53 bits per heavy atom. The lowest BCUT2D eigenvalue weighted by molar-refractivity contribution is -0.134. The van der Waals surface area contributed by atoms with Crippen LogP contribution in [0, 0.1) is 0 Å². The molecule has 6 heteroatoms. The fourth-order valence-corrected chi connectivity index (χ4v) is 3.65. The first-order chi connectivity index (χ1) is 9.31. The highest BCUT2D eigenvalue weighted by Crippen LogP contribution is 2.15. The van der Waals surface area contributed by atoms with E-state index in [2.05, 4.69) is 11.4 Å². The maximum atomic E-state index is 12.5. The molecule has 1 aliphatic rings. The molecule has 4 nitrogen and oxygen atoms in total. The van der Waals surface area contributed by atoms with Gasteiger partial charge < -0.3 is 15.0 Å². The summed E-state index contributed by atoms with van der Waals surface area (Å²) in [6.45, 7) is 2.83. The molecule has 0 radical (unpaired) electrons. The minimum absolute atomic E-state index is 0.0458. The highest BCUT2D eigenvalue weighted by Gasteiger charge is 2.26. The number of carbonyl (C=O) groups is 1. The Kier molecular flexibility index (Phi) is 6.16. The largest absolute Gasteiger partial charge is 0.383 e. The van der Waals surface area contributed by atoms with E-state index in [0.29, 0.717) is 19.7 Å². The van der Waals surface area contributed by atoms with Gasteiger partial charge in [-0.15, -0.1) is 11.3 Å². The predicted molar refractivity (Wildman–Crippen MR) is 80.7 cm³/mol. The number of ether oxygens (including phenoxy) is 1. The molecule has 1 aromatic heterocycles. The Labute approximate surface area is 122 Å². The van der Waals surface area contributed by atoms with Crippen molar-refractivity contribution in [2.45, 2.75) is 12.6 Å². The van der Waals surface area contributed by atoms with E-state index >= 15 is 0 Å². The zero-order valence-corrected chi connectivity index (χ0v) is 12.8. The maximum absolute atomic E-state index is 12.5. The highest BCUT2D eigenvalue weighted by molar-refractivity contribution is 7.99. The summed E-state index contributed by atoms with van der Waals surface area (Å²) in [4.78, 5) is 15.6. The monoisotopic (exact) mass is 300 g/mol. The number of methoxy groups -OCH3 is 1. The van der Waals surface area contributed by atoms with Gasteiger partial charge in [-0.25, -0.2) is 0 Å². The van der Waals surface area contributed by atoms with Crippen molar-refractivity contribution >= 4 is 29.0 Å². The Bertz CT molecular complexity index is 378. The van der Waals surface area contributed by atoms with Crippen LogP contribution in [0.5, 0.6) is 0 Å². The van der Waals surface area contributed by atoms with E-state index in [0.717, 1.165) is 18.1 Å². The molecule has 1 amide bonds. The number of hydrogen-bond acceptors (Lipinski definition) is 5. The molecular weight excluding hydrogens is 280 g/mol. The molecule has 0 aromatic carbocycles. The van der Waals surface area contributed by atoms with Crippen molar-refractivity contribution in [3.63, 3.8) is 0 Å². The molecule has 1 atom stereocenters. The number of thiophene rings is 1. The van der Waals surface area contributed by atoms with E-state index in [1.54, 1.807) is 18.4 Å². The molecule has 1 unspecified atom stereocenters. The molecule has 1 N–H and O–H groups in total. The number of nitrogens with one attached hydrogen (secondary N) is 1. The standard InChI is InChI=1S/C13H20N2O2S2/c1-17-6-5-15(9-11-3-2-7-19-11)13(16)12-10-18-8-4-14-12/h2-3,7,12,14H,4-6,8-10H2,1H3. The molecule has 1 aliphatic heterocycles. The van der Waals surface area contributed by atoms with Gasteiger partial charge in [0.2, 0.25) is 5.91 Å². The van der Waals surface area contributed by atoms with Crippen LogP contribution < -0.4 is 5.32 Å². The van der Waals surface area contributed by atoms with Crippen molar-refractivity contribution in [2.24, 2.45) is 0 Å². The topological polar surface area (TPSA) is 41.6 Å². The van der Waals surface area contributed by atoms with Gasteiger partial charge in [-0.1, -0.05) is 6.07 Å². The molecule has 0 bridgehead atoms. The van der Waals surface area contributed by atoms with Gasteiger partial charge >= 0.3 is 0 Å². The van der Waals surface area contributed by atoms with Crippen LogP contribution in [-0.2, 0) is 16.1 Å². The predicted octanol–water partition coefficient (Wildman–Crippen LogP) is 1.43. The van der Waals surface area contributed by atoms with E-state index < -0.39 is 0 Å². The molecule has 1 saturated heterocycles. The van der Waals surface area contributed by atoms with Gasteiger partial charge in [0, 0.05) is 36.6 Å². The van der Waals surface area contributed by atoms with E-state index in [-0.39, 0.29) is 11.9 Å². The molecule has 2 rings (SSSR count). The summed E-state index contributed by atoms with van der Waals surface area (Å²) in [5, 5.41) is 5.35. The second kappa shape index (κ2) is 7.89. The van der Waals surface area contributed by atoms with Crippen LogP contribution in [0.15, 0.2) is 17.5 Å². The summed E-state index contributed by atoms with van der Waals surface area (Å²) < 4.78 is 5.11. The fourth-order valence-electron chi connectivity index (χ4n) is 2.00. The van der Waals surface area contributed by atoms with E-state index in [1.165, 1.54) is 4.88 Å². The quantitative estimate of drug-likeness (QED) is 0.863. The Morgan fingerprint density at radius 3 is 3.16 bits per heavy atom. The third-order valence-electron chi connectivity index (χ3n) is 3.02. The van der Waals surface area contributed by atoms with Crippen LogP contribution in [0.4, 0.5) is 0 Å². The summed E-state index contributed by atoms with van der Waals surface area (Å²) in [5.74, 6) is 2.15. The average molecular weight is 300 g/mol. The van der Waals surface area contributed by atoms with Crippen molar-refractivity contribution in [1.29, 1.82) is 0 Å². The smallest absolute Gasteiger partial charge is 0.240 e. The van der Waals surface area contributed by atoms with Crippen LogP contribution >= 0.6 is 23.1 Å². The summed E-state index contributed by atoms with van der Waals surface area (Å²) in [6, 6.07) is 4.05. The Balaban J connectivity index is 1.96. The molecule has 0 spiro atoms. The first kappa shape index (κ1) is 14.8. The molecule has 0 aliphatic carbocycles.